The average molecular weight is 318 g/mol. The van der Waals surface area contributed by atoms with E-state index >= 15 is 0 Å². The van der Waals surface area contributed by atoms with Gasteiger partial charge in [-0.05, 0) is 41.6 Å². The van der Waals surface area contributed by atoms with Gasteiger partial charge >= 0.3 is 0 Å². The summed E-state index contributed by atoms with van der Waals surface area (Å²) in [6.07, 6.45) is 2.16. The fourth-order valence-corrected chi connectivity index (χ4v) is 3.38. The highest BCUT2D eigenvalue weighted by Gasteiger charge is 2.14. The van der Waals surface area contributed by atoms with Crippen molar-refractivity contribution in [3.05, 3.63) is 51.9 Å². The summed E-state index contributed by atoms with van der Waals surface area (Å²) in [6, 6.07) is 12.4. The number of nitrogens with zero attached hydrogens (tertiary/aromatic N) is 2. The third-order valence-electron chi connectivity index (χ3n) is 3.35. The lowest BCUT2D eigenvalue weighted by Gasteiger charge is -2.18. The van der Waals surface area contributed by atoms with Crippen LogP contribution in [0.4, 0.5) is 5.82 Å². The van der Waals surface area contributed by atoms with Gasteiger partial charge in [-0.15, -0.1) is 11.3 Å². The molecule has 1 N–H and O–H groups in total. The Hall–Kier alpha value is -1.65. The smallest absolute Gasteiger partial charge is 0.224 e. The van der Waals surface area contributed by atoms with E-state index in [0.717, 1.165) is 29.6 Å². The van der Waals surface area contributed by atoms with Gasteiger partial charge in [0.1, 0.15) is 5.82 Å². The Bertz CT molecular complexity index is 727. The highest BCUT2D eigenvalue weighted by atomic mass is 35.5. The molecule has 0 saturated heterocycles. The van der Waals surface area contributed by atoms with E-state index in [-0.39, 0.29) is 11.3 Å². The van der Waals surface area contributed by atoms with E-state index in [9.17, 15) is 0 Å². The van der Waals surface area contributed by atoms with Crippen molar-refractivity contribution in [1.82, 2.24) is 9.97 Å². The average Bonchev–Trinajstić information content (AvgIpc) is 3.00. The maximum Gasteiger partial charge on any atom is 0.224 e. The van der Waals surface area contributed by atoms with Crippen LogP contribution in [0.1, 0.15) is 30.7 Å². The number of halogens is 1. The van der Waals surface area contributed by atoms with Gasteiger partial charge in [0.2, 0.25) is 5.28 Å². The predicted molar refractivity (Wildman–Crippen MR) is 90.1 cm³/mol. The number of hydrogen-bond donors (Lipinski definition) is 1. The Kier molecular flexibility index (Phi) is 4.36. The van der Waals surface area contributed by atoms with Crippen LogP contribution in [0.2, 0.25) is 5.28 Å². The Balaban J connectivity index is 1.99. The molecule has 3 rings (SSSR count). The minimum atomic E-state index is 0.254. The summed E-state index contributed by atoms with van der Waals surface area (Å²) in [5.74, 6) is 0.803. The predicted octanol–water partition coefficient (Wildman–Crippen LogP) is 5.30. The summed E-state index contributed by atoms with van der Waals surface area (Å²) in [7, 11) is 0. The number of fused-ring (bicyclic) bond motifs is 1. The SMILES string of the molecule is CCCC(Nc1nc(Cl)nc2ccccc12)c1cccs1. The normalized spacial score (nSPS) is 12.5. The van der Waals surface area contributed by atoms with Gasteiger partial charge in [0, 0.05) is 10.3 Å². The monoisotopic (exact) mass is 317 g/mol. The number of aromatic nitrogens is 2. The lowest BCUT2D eigenvalue weighted by molar-refractivity contribution is 0.685. The molecule has 2 heterocycles. The van der Waals surface area contributed by atoms with Crippen molar-refractivity contribution in [3.63, 3.8) is 0 Å². The first-order valence-corrected chi connectivity index (χ1v) is 8.26. The second kappa shape index (κ2) is 6.41. The number of benzene rings is 1. The van der Waals surface area contributed by atoms with Gasteiger partial charge in [-0.25, -0.2) is 9.97 Å². The van der Waals surface area contributed by atoms with E-state index in [1.165, 1.54) is 4.88 Å². The summed E-state index contributed by atoms with van der Waals surface area (Å²) < 4.78 is 0. The highest BCUT2D eigenvalue weighted by Crippen LogP contribution is 2.30. The maximum atomic E-state index is 6.05. The van der Waals surface area contributed by atoms with Crippen LogP contribution in [0.15, 0.2) is 41.8 Å². The van der Waals surface area contributed by atoms with Crippen LogP contribution < -0.4 is 5.32 Å². The van der Waals surface area contributed by atoms with E-state index in [2.05, 4.69) is 39.7 Å². The maximum absolute atomic E-state index is 6.05. The van der Waals surface area contributed by atoms with Crippen molar-refractivity contribution < 1.29 is 0 Å². The lowest BCUT2D eigenvalue weighted by atomic mass is 10.1. The molecule has 1 aromatic carbocycles. The minimum Gasteiger partial charge on any atom is -0.362 e. The van der Waals surface area contributed by atoms with Crippen LogP contribution in [0.5, 0.6) is 0 Å². The highest BCUT2D eigenvalue weighted by molar-refractivity contribution is 7.10. The molecule has 3 nitrogen and oxygen atoms in total. The molecule has 1 unspecified atom stereocenters. The summed E-state index contributed by atoms with van der Waals surface area (Å²) in [6.45, 7) is 2.19. The van der Waals surface area contributed by atoms with E-state index in [1.54, 1.807) is 11.3 Å². The second-order valence-corrected chi connectivity index (χ2v) is 6.18. The minimum absolute atomic E-state index is 0.254. The number of hydrogen-bond acceptors (Lipinski definition) is 4. The molecule has 108 valence electrons. The topological polar surface area (TPSA) is 37.8 Å². The molecule has 0 aliphatic carbocycles. The molecular formula is C16H16ClN3S. The van der Waals surface area contributed by atoms with Crippen LogP contribution >= 0.6 is 22.9 Å². The Morgan fingerprint density at radius 1 is 1.19 bits per heavy atom. The first-order valence-electron chi connectivity index (χ1n) is 7.00. The molecule has 21 heavy (non-hydrogen) atoms. The number of anilines is 1. The van der Waals surface area contributed by atoms with Gasteiger partial charge in [-0.2, -0.15) is 0 Å². The van der Waals surface area contributed by atoms with Gasteiger partial charge in [-0.1, -0.05) is 31.5 Å². The van der Waals surface area contributed by atoms with Crippen LogP contribution in [0.25, 0.3) is 10.9 Å². The van der Waals surface area contributed by atoms with Crippen molar-refractivity contribution in [2.45, 2.75) is 25.8 Å². The number of rotatable bonds is 5. The van der Waals surface area contributed by atoms with E-state index in [4.69, 9.17) is 11.6 Å². The molecule has 2 aromatic heterocycles. The zero-order chi connectivity index (χ0) is 14.7. The molecule has 1 atom stereocenters. The third-order valence-corrected chi connectivity index (χ3v) is 4.51. The van der Waals surface area contributed by atoms with Crippen molar-refractivity contribution in [3.8, 4) is 0 Å². The zero-order valence-corrected chi connectivity index (χ0v) is 13.3. The molecule has 0 saturated carbocycles. The largest absolute Gasteiger partial charge is 0.362 e. The van der Waals surface area contributed by atoms with Crippen LogP contribution in [0.3, 0.4) is 0 Å². The number of nitrogens with one attached hydrogen (secondary N) is 1. The Morgan fingerprint density at radius 3 is 2.81 bits per heavy atom. The van der Waals surface area contributed by atoms with E-state index < -0.39 is 0 Å². The lowest BCUT2D eigenvalue weighted by Crippen LogP contribution is -2.11. The molecule has 0 bridgehead atoms. The summed E-state index contributed by atoms with van der Waals surface area (Å²) in [4.78, 5) is 9.97. The molecule has 0 aliphatic rings. The zero-order valence-electron chi connectivity index (χ0n) is 11.7. The van der Waals surface area contributed by atoms with Crippen LogP contribution in [-0.2, 0) is 0 Å². The van der Waals surface area contributed by atoms with Gasteiger partial charge in [0.25, 0.3) is 0 Å². The fourth-order valence-electron chi connectivity index (χ4n) is 2.39. The molecule has 0 amide bonds. The van der Waals surface area contributed by atoms with Crippen molar-refractivity contribution >= 4 is 39.7 Å². The van der Waals surface area contributed by atoms with Crippen LogP contribution in [0, 0.1) is 0 Å². The summed E-state index contributed by atoms with van der Waals surface area (Å²) in [5, 5.41) is 6.92. The van der Waals surface area contributed by atoms with E-state index in [1.807, 2.05) is 24.3 Å². The van der Waals surface area contributed by atoms with Crippen molar-refractivity contribution in [2.75, 3.05) is 5.32 Å². The molecule has 3 aromatic rings. The molecule has 5 heteroatoms. The fraction of sp³-hybridized carbons (Fsp3) is 0.250. The first-order chi connectivity index (χ1) is 10.3. The first kappa shape index (κ1) is 14.3. The number of thiophene rings is 1. The van der Waals surface area contributed by atoms with E-state index in [0.29, 0.717) is 0 Å². The summed E-state index contributed by atoms with van der Waals surface area (Å²) in [5.41, 5.74) is 0.862. The molecule has 0 radical (unpaired) electrons. The van der Waals surface area contributed by atoms with Crippen LogP contribution in [-0.4, -0.2) is 9.97 Å². The second-order valence-electron chi connectivity index (χ2n) is 4.86. The molecule has 0 spiro atoms. The Morgan fingerprint density at radius 2 is 2.05 bits per heavy atom. The van der Waals surface area contributed by atoms with Crippen molar-refractivity contribution in [2.24, 2.45) is 0 Å². The third kappa shape index (κ3) is 3.17. The molecule has 0 aliphatic heterocycles. The Labute approximate surface area is 133 Å². The van der Waals surface area contributed by atoms with Gasteiger partial charge in [0.15, 0.2) is 0 Å². The van der Waals surface area contributed by atoms with Gasteiger partial charge < -0.3 is 5.32 Å². The van der Waals surface area contributed by atoms with Crippen molar-refractivity contribution in [1.29, 1.82) is 0 Å². The molecular weight excluding hydrogens is 302 g/mol. The molecule has 0 fully saturated rings. The summed E-state index contributed by atoms with van der Waals surface area (Å²) >= 11 is 7.81. The number of para-hydroxylation sites is 1. The quantitative estimate of drug-likeness (QED) is 0.649. The standard InChI is InChI=1S/C16H16ClN3S/c1-2-6-13(14-9-5-10-21-14)18-15-11-7-3-4-8-12(11)19-16(17)20-15/h3-5,7-10,13H,2,6H2,1H3,(H,18,19,20). The van der Waals surface area contributed by atoms with Gasteiger partial charge in [0.05, 0.1) is 11.6 Å². The van der Waals surface area contributed by atoms with Gasteiger partial charge in [-0.3, -0.25) is 0 Å².